The zero-order valence-electron chi connectivity index (χ0n) is 8.52. The molecule has 15 heavy (non-hydrogen) atoms. The summed E-state index contributed by atoms with van der Waals surface area (Å²) in [6.07, 6.45) is 2.05. The standard InChI is InChI=1S/C9H13N3O3/c1-2-14-9(13)7-11-8(15-12-7)6-4-3-5-10-6/h6,10H,2-5H2,1H3/t6-/m0/s1. The van der Waals surface area contributed by atoms with E-state index in [9.17, 15) is 4.79 Å². The summed E-state index contributed by atoms with van der Waals surface area (Å²) >= 11 is 0. The maximum absolute atomic E-state index is 11.2. The molecule has 6 heteroatoms. The number of carbonyl (C=O) groups is 1. The van der Waals surface area contributed by atoms with Crippen LogP contribution in [0.2, 0.25) is 0 Å². The van der Waals surface area contributed by atoms with Crippen molar-refractivity contribution in [1.82, 2.24) is 15.5 Å². The highest BCUT2D eigenvalue weighted by Crippen LogP contribution is 2.21. The number of esters is 1. The van der Waals surface area contributed by atoms with Crippen molar-refractivity contribution in [1.29, 1.82) is 0 Å². The lowest BCUT2D eigenvalue weighted by atomic mass is 10.2. The number of rotatable bonds is 3. The van der Waals surface area contributed by atoms with Gasteiger partial charge in [-0.25, -0.2) is 4.79 Å². The summed E-state index contributed by atoms with van der Waals surface area (Å²) in [5.41, 5.74) is 0. The minimum absolute atomic E-state index is 0.000509. The predicted octanol–water partition coefficient (Wildman–Crippen LogP) is 0.671. The summed E-state index contributed by atoms with van der Waals surface area (Å²) in [5, 5.41) is 6.79. The van der Waals surface area contributed by atoms with Gasteiger partial charge in [-0.3, -0.25) is 0 Å². The molecule has 1 atom stereocenters. The summed E-state index contributed by atoms with van der Waals surface area (Å²) in [6.45, 7) is 2.99. The number of hydrogen-bond acceptors (Lipinski definition) is 6. The van der Waals surface area contributed by atoms with Crippen LogP contribution in [0.15, 0.2) is 4.52 Å². The van der Waals surface area contributed by atoms with Crippen LogP contribution in [0.5, 0.6) is 0 Å². The van der Waals surface area contributed by atoms with Crippen LogP contribution < -0.4 is 5.32 Å². The number of aromatic nitrogens is 2. The molecular weight excluding hydrogens is 198 g/mol. The minimum Gasteiger partial charge on any atom is -0.460 e. The molecule has 0 saturated carbocycles. The Morgan fingerprint density at radius 2 is 2.60 bits per heavy atom. The SMILES string of the molecule is CCOC(=O)c1noc([C@@H]2CCCN2)n1. The van der Waals surface area contributed by atoms with Crippen LogP contribution in [0, 0.1) is 0 Å². The van der Waals surface area contributed by atoms with Gasteiger partial charge in [0.15, 0.2) is 0 Å². The molecule has 2 heterocycles. The van der Waals surface area contributed by atoms with Gasteiger partial charge in [0, 0.05) is 0 Å². The Hall–Kier alpha value is -1.43. The topological polar surface area (TPSA) is 77.2 Å². The third-order valence-electron chi connectivity index (χ3n) is 2.26. The molecule has 0 amide bonds. The highest BCUT2D eigenvalue weighted by Gasteiger charge is 2.24. The summed E-state index contributed by atoms with van der Waals surface area (Å²) in [5.74, 6) is -0.0680. The number of carbonyl (C=O) groups excluding carboxylic acids is 1. The molecule has 0 bridgehead atoms. The van der Waals surface area contributed by atoms with Crippen molar-refractivity contribution in [2.45, 2.75) is 25.8 Å². The average Bonchev–Trinajstić information content (AvgIpc) is 2.89. The van der Waals surface area contributed by atoms with Crippen molar-refractivity contribution in [3.8, 4) is 0 Å². The number of nitrogens with one attached hydrogen (secondary N) is 1. The Morgan fingerprint density at radius 1 is 1.73 bits per heavy atom. The van der Waals surface area contributed by atoms with Crippen molar-refractivity contribution in [2.24, 2.45) is 0 Å². The number of hydrogen-bond donors (Lipinski definition) is 1. The van der Waals surface area contributed by atoms with E-state index in [0.717, 1.165) is 19.4 Å². The van der Waals surface area contributed by atoms with E-state index in [1.54, 1.807) is 6.92 Å². The first-order valence-corrected chi connectivity index (χ1v) is 5.05. The van der Waals surface area contributed by atoms with Crippen molar-refractivity contribution in [3.05, 3.63) is 11.7 Å². The molecule has 0 unspecified atom stereocenters. The molecule has 6 nitrogen and oxygen atoms in total. The minimum atomic E-state index is -0.537. The second-order valence-electron chi connectivity index (χ2n) is 3.33. The second-order valence-corrected chi connectivity index (χ2v) is 3.33. The lowest BCUT2D eigenvalue weighted by Crippen LogP contribution is -2.13. The Morgan fingerprint density at radius 3 is 3.27 bits per heavy atom. The first kappa shape index (κ1) is 10.1. The van der Waals surface area contributed by atoms with Crippen LogP contribution in [0.4, 0.5) is 0 Å². The van der Waals surface area contributed by atoms with E-state index < -0.39 is 5.97 Å². The number of nitrogens with zero attached hydrogens (tertiary/aromatic N) is 2. The Labute approximate surface area is 87.0 Å². The molecular formula is C9H13N3O3. The predicted molar refractivity (Wildman–Crippen MR) is 50.2 cm³/mol. The second kappa shape index (κ2) is 4.39. The van der Waals surface area contributed by atoms with Crippen LogP contribution in [-0.4, -0.2) is 29.3 Å². The van der Waals surface area contributed by atoms with E-state index in [0.29, 0.717) is 12.5 Å². The van der Waals surface area contributed by atoms with E-state index in [2.05, 4.69) is 15.5 Å². The molecule has 1 aromatic rings. The van der Waals surface area contributed by atoms with Gasteiger partial charge in [0.1, 0.15) is 0 Å². The lowest BCUT2D eigenvalue weighted by Gasteiger charge is -2.01. The van der Waals surface area contributed by atoms with Crippen molar-refractivity contribution in [3.63, 3.8) is 0 Å². The molecule has 82 valence electrons. The maximum Gasteiger partial charge on any atom is 0.379 e. The third-order valence-corrected chi connectivity index (χ3v) is 2.26. The molecule has 1 aliphatic heterocycles. The van der Waals surface area contributed by atoms with Crippen LogP contribution >= 0.6 is 0 Å². The highest BCUT2D eigenvalue weighted by atomic mass is 16.5. The zero-order chi connectivity index (χ0) is 10.7. The molecule has 1 aliphatic rings. The first-order chi connectivity index (χ1) is 7.31. The van der Waals surface area contributed by atoms with Gasteiger partial charge in [-0.1, -0.05) is 0 Å². The fraction of sp³-hybridized carbons (Fsp3) is 0.667. The van der Waals surface area contributed by atoms with Gasteiger partial charge in [0.25, 0.3) is 5.82 Å². The summed E-state index contributed by atoms with van der Waals surface area (Å²) < 4.78 is 9.75. The highest BCUT2D eigenvalue weighted by molar-refractivity contribution is 5.84. The van der Waals surface area contributed by atoms with E-state index in [4.69, 9.17) is 9.26 Å². The molecule has 0 spiro atoms. The van der Waals surface area contributed by atoms with E-state index in [1.807, 2.05) is 0 Å². The van der Waals surface area contributed by atoms with Gasteiger partial charge in [-0.15, -0.1) is 0 Å². The van der Waals surface area contributed by atoms with Crippen LogP contribution in [-0.2, 0) is 4.74 Å². The van der Waals surface area contributed by atoms with E-state index in [1.165, 1.54) is 0 Å². The van der Waals surface area contributed by atoms with Gasteiger partial charge in [0.05, 0.1) is 12.6 Å². The smallest absolute Gasteiger partial charge is 0.379 e. The Balaban J connectivity index is 2.06. The van der Waals surface area contributed by atoms with Crippen molar-refractivity contribution < 1.29 is 14.1 Å². The van der Waals surface area contributed by atoms with Gasteiger partial charge < -0.3 is 14.6 Å². The van der Waals surface area contributed by atoms with Crippen molar-refractivity contribution in [2.75, 3.05) is 13.2 Å². The number of ether oxygens (including phenoxy) is 1. The fourth-order valence-corrected chi connectivity index (χ4v) is 1.55. The zero-order valence-corrected chi connectivity index (χ0v) is 8.52. The normalized spacial score (nSPS) is 20.5. The fourth-order valence-electron chi connectivity index (χ4n) is 1.55. The summed E-state index contributed by atoms with van der Waals surface area (Å²) in [6, 6.07) is 0.0840. The molecule has 0 radical (unpaired) electrons. The summed E-state index contributed by atoms with van der Waals surface area (Å²) in [7, 11) is 0. The molecule has 0 aliphatic carbocycles. The molecule has 1 aromatic heterocycles. The van der Waals surface area contributed by atoms with Gasteiger partial charge in [0.2, 0.25) is 5.89 Å². The molecule has 1 N–H and O–H groups in total. The van der Waals surface area contributed by atoms with Gasteiger partial charge in [-0.2, -0.15) is 4.98 Å². The van der Waals surface area contributed by atoms with Gasteiger partial charge in [-0.05, 0) is 31.5 Å². The molecule has 1 fully saturated rings. The van der Waals surface area contributed by atoms with Crippen LogP contribution in [0.25, 0.3) is 0 Å². The third kappa shape index (κ3) is 2.15. The quantitative estimate of drug-likeness (QED) is 0.740. The maximum atomic E-state index is 11.2. The molecule has 1 saturated heterocycles. The van der Waals surface area contributed by atoms with Crippen molar-refractivity contribution >= 4 is 5.97 Å². The Bertz CT molecular complexity index is 344. The molecule has 2 rings (SSSR count). The first-order valence-electron chi connectivity index (χ1n) is 5.05. The Kier molecular flexibility index (Phi) is 2.96. The van der Waals surface area contributed by atoms with Gasteiger partial charge >= 0.3 is 5.97 Å². The average molecular weight is 211 g/mol. The monoisotopic (exact) mass is 211 g/mol. The largest absolute Gasteiger partial charge is 0.460 e. The van der Waals surface area contributed by atoms with Crippen LogP contribution in [0.1, 0.15) is 42.3 Å². The lowest BCUT2D eigenvalue weighted by molar-refractivity contribution is 0.0508. The summed E-state index contributed by atoms with van der Waals surface area (Å²) in [4.78, 5) is 15.2. The van der Waals surface area contributed by atoms with E-state index >= 15 is 0 Å². The van der Waals surface area contributed by atoms with E-state index in [-0.39, 0.29) is 11.9 Å². The van der Waals surface area contributed by atoms with Crippen LogP contribution in [0.3, 0.4) is 0 Å². The molecule has 0 aromatic carbocycles.